The first-order chi connectivity index (χ1) is 14.1. The minimum atomic E-state index is 0.770. The maximum atomic E-state index is 4.19. The number of aromatic amines is 1. The van der Waals surface area contributed by atoms with Gasteiger partial charge in [0.05, 0.1) is 0 Å². The molecule has 3 aromatic rings. The minimum absolute atomic E-state index is 0.770. The highest BCUT2D eigenvalue weighted by atomic mass is 15.1. The van der Waals surface area contributed by atoms with Gasteiger partial charge < -0.3 is 9.88 Å². The minimum Gasteiger partial charge on any atom is -0.345 e. The maximum Gasteiger partial charge on any atom is 0.137 e. The number of rotatable bonds is 2. The van der Waals surface area contributed by atoms with Crippen LogP contribution in [0, 0.1) is 13.8 Å². The van der Waals surface area contributed by atoms with Crippen LogP contribution in [0.4, 0.5) is 0 Å². The summed E-state index contributed by atoms with van der Waals surface area (Å²) in [5.41, 5.74) is 5.41. The number of aryl methyl sites for hydroxylation is 2. The fraction of sp³-hybridized carbons (Fsp3) is 0.423. The van der Waals surface area contributed by atoms with Gasteiger partial charge in [0.1, 0.15) is 5.82 Å². The third-order valence-corrected chi connectivity index (χ3v) is 4.92. The highest BCUT2D eigenvalue weighted by Crippen LogP contribution is 2.28. The molecule has 29 heavy (non-hydrogen) atoms. The van der Waals surface area contributed by atoms with Gasteiger partial charge in [0, 0.05) is 24.5 Å². The molecule has 1 N–H and O–H groups in total. The Bertz CT molecular complexity index is 793. The lowest BCUT2D eigenvalue weighted by Gasteiger charge is -2.13. The van der Waals surface area contributed by atoms with Gasteiger partial charge in [0.25, 0.3) is 0 Å². The second-order valence-electron chi connectivity index (χ2n) is 6.86. The topological polar surface area (TPSA) is 31.9 Å². The quantitative estimate of drug-likeness (QED) is 0.516. The molecule has 0 radical (unpaired) electrons. The second-order valence-corrected chi connectivity index (χ2v) is 6.86. The third kappa shape index (κ3) is 7.51. The third-order valence-electron chi connectivity index (χ3n) is 4.92. The van der Waals surface area contributed by atoms with Crippen LogP contribution in [-0.2, 0) is 0 Å². The molecule has 1 aliphatic heterocycles. The number of likely N-dealkylation sites (N-methyl/N-ethyl adjacent to an activating group) is 1. The number of nitrogens with zero attached hydrogens (tertiary/aromatic N) is 2. The molecular formula is C26H39N3. The van der Waals surface area contributed by atoms with Crippen LogP contribution in [-0.4, -0.2) is 35.0 Å². The monoisotopic (exact) mass is 393 g/mol. The van der Waals surface area contributed by atoms with Crippen molar-refractivity contribution in [3.05, 3.63) is 77.6 Å². The van der Waals surface area contributed by atoms with Crippen molar-refractivity contribution in [2.45, 2.75) is 53.9 Å². The summed E-state index contributed by atoms with van der Waals surface area (Å²) in [6.07, 6.45) is 4.92. The van der Waals surface area contributed by atoms with Crippen LogP contribution in [0.3, 0.4) is 0 Å². The van der Waals surface area contributed by atoms with Gasteiger partial charge in [-0.1, -0.05) is 76.2 Å². The molecule has 0 spiro atoms. The van der Waals surface area contributed by atoms with Crippen molar-refractivity contribution in [1.29, 1.82) is 0 Å². The van der Waals surface area contributed by atoms with E-state index in [0.717, 1.165) is 11.7 Å². The van der Waals surface area contributed by atoms with E-state index in [4.69, 9.17) is 0 Å². The highest BCUT2D eigenvalue weighted by molar-refractivity contribution is 5.59. The molecule has 3 heteroatoms. The lowest BCUT2D eigenvalue weighted by Crippen LogP contribution is -2.13. The van der Waals surface area contributed by atoms with Crippen LogP contribution >= 0.6 is 0 Å². The highest BCUT2D eigenvalue weighted by Gasteiger charge is 2.21. The van der Waals surface area contributed by atoms with Gasteiger partial charge in [-0.25, -0.2) is 4.98 Å². The zero-order valence-electron chi connectivity index (χ0n) is 19.4. The van der Waals surface area contributed by atoms with Crippen molar-refractivity contribution in [3.63, 3.8) is 0 Å². The molecule has 4 rings (SSSR count). The number of aromatic nitrogens is 2. The Morgan fingerprint density at radius 1 is 0.897 bits per heavy atom. The van der Waals surface area contributed by atoms with Gasteiger partial charge in [-0.3, -0.25) is 0 Å². The van der Waals surface area contributed by atoms with E-state index >= 15 is 0 Å². The standard InChI is InChI=1S/C12H17N.C10H10N2.2C2H6/c1-10-5-3-4-6-12(10)11-7-8-13(2)9-11;1-8-4-2-3-5-9(8)10-11-6-7-12-10;2*1-2/h3-6,11H,7-9H2,1-2H3;2-7H,1H3,(H,11,12);2*1-2H3. The van der Waals surface area contributed by atoms with Crippen LogP contribution in [0.15, 0.2) is 60.9 Å². The average Bonchev–Trinajstić information content (AvgIpc) is 3.44. The molecule has 158 valence electrons. The molecule has 1 unspecified atom stereocenters. The van der Waals surface area contributed by atoms with Gasteiger partial charge in [-0.2, -0.15) is 0 Å². The SMILES string of the molecule is CC.CC.Cc1ccccc1-c1ncc[nH]1.Cc1ccccc1C1CCN(C)C1. The van der Waals surface area contributed by atoms with E-state index in [1.807, 2.05) is 46.0 Å². The number of hydrogen-bond acceptors (Lipinski definition) is 2. The van der Waals surface area contributed by atoms with Gasteiger partial charge in [0.15, 0.2) is 0 Å². The number of nitrogens with one attached hydrogen (secondary N) is 1. The van der Waals surface area contributed by atoms with Crippen LogP contribution in [0.1, 0.15) is 56.7 Å². The van der Waals surface area contributed by atoms with E-state index in [9.17, 15) is 0 Å². The van der Waals surface area contributed by atoms with Crippen molar-refractivity contribution in [3.8, 4) is 11.4 Å². The van der Waals surface area contributed by atoms with Crippen LogP contribution in [0.5, 0.6) is 0 Å². The summed E-state index contributed by atoms with van der Waals surface area (Å²) in [4.78, 5) is 9.69. The summed E-state index contributed by atoms with van der Waals surface area (Å²) < 4.78 is 0. The molecule has 3 nitrogen and oxygen atoms in total. The Morgan fingerprint density at radius 3 is 2.03 bits per heavy atom. The molecule has 0 amide bonds. The normalized spacial score (nSPS) is 15.2. The van der Waals surface area contributed by atoms with Gasteiger partial charge in [0.2, 0.25) is 0 Å². The van der Waals surface area contributed by atoms with Crippen molar-refractivity contribution < 1.29 is 0 Å². The van der Waals surface area contributed by atoms with E-state index in [-0.39, 0.29) is 0 Å². The molecule has 1 saturated heterocycles. The maximum absolute atomic E-state index is 4.19. The van der Waals surface area contributed by atoms with Crippen LogP contribution < -0.4 is 0 Å². The zero-order valence-corrected chi connectivity index (χ0v) is 19.4. The number of likely N-dealkylation sites (tertiary alicyclic amines) is 1. The lowest BCUT2D eigenvalue weighted by molar-refractivity contribution is 0.411. The molecule has 1 fully saturated rings. The summed E-state index contributed by atoms with van der Waals surface area (Å²) in [6.45, 7) is 14.8. The number of benzene rings is 2. The van der Waals surface area contributed by atoms with Gasteiger partial charge in [-0.15, -0.1) is 0 Å². The largest absolute Gasteiger partial charge is 0.345 e. The Morgan fingerprint density at radius 2 is 1.52 bits per heavy atom. The van der Waals surface area contributed by atoms with Crippen molar-refractivity contribution in [1.82, 2.24) is 14.9 Å². The smallest absolute Gasteiger partial charge is 0.137 e. The molecule has 1 aromatic heterocycles. The summed E-state index contributed by atoms with van der Waals surface area (Å²) in [5, 5.41) is 0. The molecule has 1 atom stereocenters. The predicted molar refractivity (Wildman–Crippen MR) is 127 cm³/mol. The lowest BCUT2D eigenvalue weighted by atomic mass is 9.94. The predicted octanol–water partition coefficient (Wildman–Crippen LogP) is 6.85. The molecule has 0 bridgehead atoms. The Balaban J connectivity index is 0.000000248. The van der Waals surface area contributed by atoms with Crippen molar-refractivity contribution in [2.75, 3.05) is 20.1 Å². The van der Waals surface area contributed by atoms with Crippen molar-refractivity contribution >= 4 is 0 Å². The Hall–Kier alpha value is -2.39. The van der Waals surface area contributed by atoms with Crippen LogP contribution in [0.2, 0.25) is 0 Å². The molecule has 0 aliphatic carbocycles. The second kappa shape index (κ2) is 13.7. The average molecular weight is 394 g/mol. The molecular weight excluding hydrogens is 354 g/mol. The van der Waals surface area contributed by atoms with Crippen LogP contribution in [0.25, 0.3) is 11.4 Å². The molecule has 0 saturated carbocycles. The fourth-order valence-electron chi connectivity index (χ4n) is 3.48. The number of H-pyrrole nitrogens is 1. The zero-order chi connectivity index (χ0) is 21.6. The van der Waals surface area contributed by atoms with Gasteiger partial charge in [-0.05, 0) is 56.5 Å². The Kier molecular flexibility index (Phi) is 11.7. The first-order valence-electron chi connectivity index (χ1n) is 10.9. The van der Waals surface area contributed by atoms with E-state index in [0.29, 0.717) is 0 Å². The number of hydrogen-bond donors (Lipinski definition) is 1. The molecule has 2 aromatic carbocycles. The van der Waals surface area contributed by atoms with Crippen molar-refractivity contribution in [2.24, 2.45) is 0 Å². The first-order valence-corrected chi connectivity index (χ1v) is 10.9. The van der Waals surface area contributed by atoms with Gasteiger partial charge >= 0.3 is 0 Å². The van der Waals surface area contributed by atoms with E-state index in [2.05, 4.69) is 72.2 Å². The summed E-state index contributed by atoms with van der Waals surface area (Å²) in [6, 6.07) is 17.0. The van der Waals surface area contributed by atoms with E-state index in [1.54, 1.807) is 11.8 Å². The molecule has 2 heterocycles. The first kappa shape index (κ1) is 24.6. The summed E-state index contributed by atoms with van der Waals surface area (Å²) in [7, 11) is 2.21. The Labute approximate surface area is 178 Å². The molecule has 1 aliphatic rings. The summed E-state index contributed by atoms with van der Waals surface area (Å²) >= 11 is 0. The number of imidazole rings is 1. The van der Waals surface area contributed by atoms with E-state index < -0.39 is 0 Å². The fourth-order valence-corrected chi connectivity index (χ4v) is 3.48. The summed E-state index contributed by atoms with van der Waals surface area (Å²) in [5.74, 6) is 1.71. The van der Waals surface area contributed by atoms with E-state index in [1.165, 1.54) is 36.2 Å².